The number of rotatable bonds is 7. The summed E-state index contributed by atoms with van der Waals surface area (Å²) in [4.78, 5) is 15.5. The topological polar surface area (TPSA) is 43.8 Å². The normalized spacial score (nSPS) is 10.8. The number of halogens is 1. The smallest absolute Gasteiger partial charge is 0.237 e. The van der Waals surface area contributed by atoms with Crippen molar-refractivity contribution in [1.29, 1.82) is 0 Å². The van der Waals surface area contributed by atoms with E-state index in [0.717, 1.165) is 5.56 Å². The Kier molecular flexibility index (Phi) is 6.45. The molecule has 0 aliphatic heterocycles. The number of nitrogens with zero attached hydrogens (tertiary/aromatic N) is 2. The highest BCUT2D eigenvalue weighted by Crippen LogP contribution is 2.07. The van der Waals surface area contributed by atoms with Crippen LogP contribution < -0.4 is 0 Å². The summed E-state index contributed by atoms with van der Waals surface area (Å²) in [5.74, 6) is -0.318. The molecule has 0 saturated heterocycles. The van der Waals surface area contributed by atoms with Crippen molar-refractivity contribution < 1.29 is 14.3 Å². The van der Waals surface area contributed by atoms with E-state index < -0.39 is 0 Å². The van der Waals surface area contributed by atoms with Gasteiger partial charge in [0.15, 0.2) is 0 Å². The van der Waals surface area contributed by atoms with E-state index in [1.807, 2.05) is 6.92 Å². The van der Waals surface area contributed by atoms with Crippen molar-refractivity contribution >= 4 is 5.91 Å². The highest BCUT2D eigenvalue weighted by molar-refractivity contribution is 5.78. The zero-order valence-corrected chi connectivity index (χ0v) is 11.5. The lowest BCUT2D eigenvalue weighted by Crippen LogP contribution is -2.39. The van der Waals surface area contributed by atoms with Gasteiger partial charge in [0.05, 0.1) is 13.2 Å². The van der Waals surface area contributed by atoms with E-state index in [1.54, 1.807) is 29.0 Å². The minimum absolute atomic E-state index is 0.0253. The second-order valence-electron chi connectivity index (χ2n) is 4.50. The first-order valence-corrected chi connectivity index (χ1v) is 6.38. The monoisotopic (exact) mass is 268 g/mol. The third kappa shape index (κ3) is 5.36. The van der Waals surface area contributed by atoms with E-state index in [2.05, 4.69) is 0 Å². The SMILES string of the molecule is CCN(Cc1cccc(F)c1)C(=O)CN(C)CCO. The van der Waals surface area contributed by atoms with E-state index >= 15 is 0 Å². The zero-order chi connectivity index (χ0) is 14.3. The Hall–Kier alpha value is -1.46. The largest absolute Gasteiger partial charge is 0.395 e. The predicted molar refractivity (Wildman–Crippen MR) is 72.1 cm³/mol. The van der Waals surface area contributed by atoms with Gasteiger partial charge < -0.3 is 10.0 Å². The summed E-state index contributed by atoms with van der Waals surface area (Å²) in [5, 5.41) is 8.80. The van der Waals surface area contributed by atoms with E-state index in [-0.39, 0.29) is 24.9 Å². The van der Waals surface area contributed by atoms with Crippen LogP contribution >= 0.6 is 0 Å². The molecule has 0 saturated carbocycles. The van der Waals surface area contributed by atoms with Crippen LogP contribution in [0, 0.1) is 5.82 Å². The lowest BCUT2D eigenvalue weighted by molar-refractivity contribution is -0.132. The van der Waals surface area contributed by atoms with Gasteiger partial charge in [-0.1, -0.05) is 12.1 Å². The Morgan fingerprint density at radius 3 is 2.74 bits per heavy atom. The Balaban J connectivity index is 2.60. The molecule has 1 amide bonds. The lowest BCUT2D eigenvalue weighted by Gasteiger charge is -2.24. The second kappa shape index (κ2) is 7.86. The Morgan fingerprint density at radius 2 is 2.16 bits per heavy atom. The zero-order valence-electron chi connectivity index (χ0n) is 11.5. The van der Waals surface area contributed by atoms with Gasteiger partial charge >= 0.3 is 0 Å². The Bertz CT molecular complexity index is 412. The van der Waals surface area contributed by atoms with Crippen LogP contribution in [-0.2, 0) is 11.3 Å². The van der Waals surface area contributed by atoms with Gasteiger partial charge in [-0.05, 0) is 31.7 Å². The molecular weight excluding hydrogens is 247 g/mol. The molecule has 19 heavy (non-hydrogen) atoms. The number of likely N-dealkylation sites (N-methyl/N-ethyl adjacent to an activating group) is 2. The maximum atomic E-state index is 13.1. The van der Waals surface area contributed by atoms with Crippen molar-refractivity contribution in [3.63, 3.8) is 0 Å². The summed E-state index contributed by atoms with van der Waals surface area (Å²) in [6, 6.07) is 6.27. The fraction of sp³-hybridized carbons (Fsp3) is 0.500. The minimum Gasteiger partial charge on any atom is -0.395 e. The summed E-state index contributed by atoms with van der Waals surface area (Å²) in [6.07, 6.45) is 0. The summed E-state index contributed by atoms with van der Waals surface area (Å²) < 4.78 is 13.1. The quantitative estimate of drug-likeness (QED) is 0.805. The molecule has 0 fully saturated rings. The molecule has 106 valence electrons. The molecular formula is C14H21FN2O2. The van der Waals surface area contributed by atoms with Crippen molar-refractivity contribution in [1.82, 2.24) is 9.80 Å². The molecule has 0 radical (unpaired) electrons. The molecule has 0 spiro atoms. The van der Waals surface area contributed by atoms with Gasteiger partial charge in [0.25, 0.3) is 0 Å². The average molecular weight is 268 g/mol. The molecule has 1 aromatic rings. The van der Waals surface area contributed by atoms with Gasteiger partial charge in [0.2, 0.25) is 5.91 Å². The van der Waals surface area contributed by atoms with Crippen LogP contribution in [-0.4, -0.2) is 54.1 Å². The number of carbonyl (C=O) groups is 1. The lowest BCUT2D eigenvalue weighted by atomic mass is 10.2. The summed E-state index contributed by atoms with van der Waals surface area (Å²) in [6.45, 7) is 3.61. The maximum Gasteiger partial charge on any atom is 0.237 e. The van der Waals surface area contributed by atoms with E-state index in [1.165, 1.54) is 12.1 Å². The van der Waals surface area contributed by atoms with Gasteiger partial charge in [-0.15, -0.1) is 0 Å². The number of aliphatic hydroxyl groups excluding tert-OH is 1. The molecule has 0 aliphatic carbocycles. The third-order valence-corrected chi connectivity index (χ3v) is 2.88. The van der Waals surface area contributed by atoms with Gasteiger partial charge in [0, 0.05) is 19.6 Å². The predicted octanol–water partition coefficient (Wildman–Crippen LogP) is 1.10. The molecule has 0 heterocycles. The first kappa shape index (κ1) is 15.6. The first-order valence-electron chi connectivity index (χ1n) is 6.38. The number of benzene rings is 1. The fourth-order valence-electron chi connectivity index (χ4n) is 1.81. The Labute approximate surface area is 113 Å². The molecule has 1 rings (SSSR count). The number of amides is 1. The molecule has 0 unspecified atom stereocenters. The van der Waals surface area contributed by atoms with Gasteiger partial charge in [-0.25, -0.2) is 4.39 Å². The molecule has 0 atom stereocenters. The van der Waals surface area contributed by atoms with E-state index in [0.29, 0.717) is 19.6 Å². The van der Waals surface area contributed by atoms with Crippen LogP contribution in [0.3, 0.4) is 0 Å². The highest BCUT2D eigenvalue weighted by atomic mass is 19.1. The number of carbonyl (C=O) groups excluding carboxylic acids is 1. The standard InChI is InChI=1S/C14H21FN2O2/c1-3-17(14(19)11-16(2)7-8-18)10-12-5-4-6-13(15)9-12/h4-6,9,18H,3,7-8,10-11H2,1-2H3. The molecule has 0 aromatic heterocycles. The van der Waals surface area contributed by atoms with Gasteiger partial charge in [-0.2, -0.15) is 0 Å². The maximum absolute atomic E-state index is 13.1. The van der Waals surface area contributed by atoms with Gasteiger partial charge in [0.1, 0.15) is 5.82 Å². The van der Waals surface area contributed by atoms with E-state index in [4.69, 9.17) is 5.11 Å². The average Bonchev–Trinajstić information content (AvgIpc) is 2.36. The van der Waals surface area contributed by atoms with Crippen molar-refractivity contribution in [2.45, 2.75) is 13.5 Å². The summed E-state index contributed by atoms with van der Waals surface area (Å²) >= 11 is 0. The van der Waals surface area contributed by atoms with E-state index in [9.17, 15) is 9.18 Å². The molecule has 5 heteroatoms. The van der Waals surface area contributed by atoms with Crippen LogP contribution in [0.25, 0.3) is 0 Å². The second-order valence-corrected chi connectivity index (χ2v) is 4.50. The summed E-state index contributed by atoms with van der Waals surface area (Å²) in [7, 11) is 1.78. The summed E-state index contributed by atoms with van der Waals surface area (Å²) in [5.41, 5.74) is 0.778. The van der Waals surface area contributed by atoms with Crippen molar-refractivity contribution in [2.24, 2.45) is 0 Å². The van der Waals surface area contributed by atoms with Crippen LogP contribution in [0.2, 0.25) is 0 Å². The van der Waals surface area contributed by atoms with Crippen molar-refractivity contribution in [2.75, 3.05) is 33.3 Å². The van der Waals surface area contributed by atoms with Crippen molar-refractivity contribution in [3.05, 3.63) is 35.6 Å². The van der Waals surface area contributed by atoms with Crippen LogP contribution in [0.4, 0.5) is 4.39 Å². The van der Waals surface area contributed by atoms with Crippen LogP contribution in [0.15, 0.2) is 24.3 Å². The number of hydrogen-bond acceptors (Lipinski definition) is 3. The number of hydrogen-bond donors (Lipinski definition) is 1. The fourth-order valence-corrected chi connectivity index (χ4v) is 1.81. The van der Waals surface area contributed by atoms with Crippen LogP contribution in [0.1, 0.15) is 12.5 Å². The number of aliphatic hydroxyl groups is 1. The molecule has 1 aromatic carbocycles. The Morgan fingerprint density at radius 1 is 1.42 bits per heavy atom. The third-order valence-electron chi connectivity index (χ3n) is 2.88. The molecule has 0 bridgehead atoms. The van der Waals surface area contributed by atoms with Crippen LogP contribution in [0.5, 0.6) is 0 Å². The molecule has 4 nitrogen and oxygen atoms in total. The molecule has 0 aliphatic rings. The van der Waals surface area contributed by atoms with Gasteiger partial charge in [-0.3, -0.25) is 9.69 Å². The first-order chi connectivity index (χ1) is 9.06. The minimum atomic E-state index is -0.293. The molecule has 1 N–H and O–H groups in total. The van der Waals surface area contributed by atoms with Crippen molar-refractivity contribution in [3.8, 4) is 0 Å². The highest BCUT2D eigenvalue weighted by Gasteiger charge is 2.14.